The van der Waals surface area contributed by atoms with Crippen LogP contribution in [-0.2, 0) is 11.2 Å². The Morgan fingerprint density at radius 3 is 2.57 bits per heavy atom. The van der Waals surface area contributed by atoms with Crippen LogP contribution in [0.5, 0.6) is 0 Å². The van der Waals surface area contributed by atoms with Crippen LogP contribution < -0.4 is 5.32 Å². The van der Waals surface area contributed by atoms with Crippen LogP contribution in [0, 0.1) is 0 Å². The van der Waals surface area contributed by atoms with Gasteiger partial charge in [0.15, 0.2) is 0 Å². The Kier molecular flexibility index (Phi) is 4.88. The monoisotopic (exact) mass is 300 g/mol. The van der Waals surface area contributed by atoms with Gasteiger partial charge in [-0.25, -0.2) is 0 Å². The molecule has 1 aliphatic heterocycles. The molecule has 1 N–H and O–H groups in total. The Hall–Kier alpha value is -1.56. The minimum atomic E-state index is -4.31. The van der Waals surface area contributed by atoms with Crippen molar-refractivity contribution in [1.82, 2.24) is 10.2 Å². The second kappa shape index (κ2) is 6.47. The van der Waals surface area contributed by atoms with E-state index in [1.807, 2.05) is 0 Å². The van der Waals surface area contributed by atoms with Crippen LogP contribution in [0.4, 0.5) is 13.2 Å². The highest BCUT2D eigenvalue weighted by Gasteiger charge is 2.41. The number of likely N-dealkylation sites (tertiary alicyclic amines) is 1. The second-order valence-electron chi connectivity index (χ2n) is 5.46. The molecule has 3 nitrogen and oxygen atoms in total. The Balaban J connectivity index is 2.02. The van der Waals surface area contributed by atoms with Gasteiger partial charge in [0.2, 0.25) is 5.91 Å². The van der Waals surface area contributed by atoms with Crippen LogP contribution in [0.2, 0.25) is 0 Å². The number of hydrogen-bond acceptors (Lipinski definition) is 2. The molecule has 0 unspecified atom stereocenters. The number of likely N-dealkylation sites (N-methyl/N-ethyl adjacent to an activating group) is 1. The molecule has 1 aromatic carbocycles. The first-order chi connectivity index (χ1) is 9.86. The van der Waals surface area contributed by atoms with Crippen molar-refractivity contribution in [3.05, 3.63) is 35.9 Å². The van der Waals surface area contributed by atoms with Crippen molar-refractivity contribution in [2.24, 2.45) is 0 Å². The van der Waals surface area contributed by atoms with Gasteiger partial charge in [-0.3, -0.25) is 4.79 Å². The molecule has 6 heteroatoms. The maximum Gasteiger partial charge on any atom is 0.404 e. The number of hydrogen-bond donors (Lipinski definition) is 1. The molecule has 1 aliphatic rings. The van der Waals surface area contributed by atoms with Crippen LogP contribution in [0.25, 0.3) is 0 Å². The highest BCUT2D eigenvalue weighted by Crippen LogP contribution is 2.25. The average molecular weight is 300 g/mol. The fraction of sp³-hybridized carbons (Fsp3) is 0.533. The van der Waals surface area contributed by atoms with Crippen LogP contribution in [-0.4, -0.2) is 42.7 Å². The summed E-state index contributed by atoms with van der Waals surface area (Å²) in [4.78, 5) is 12.9. The summed E-state index contributed by atoms with van der Waals surface area (Å²) in [5, 5.41) is 2.68. The molecule has 0 radical (unpaired) electrons. The maximum atomic E-state index is 13.2. The quantitative estimate of drug-likeness (QED) is 0.926. The number of amides is 1. The van der Waals surface area contributed by atoms with Crippen LogP contribution in [0.3, 0.4) is 0 Å². The number of halogens is 3. The lowest BCUT2D eigenvalue weighted by molar-refractivity contribution is -0.158. The van der Waals surface area contributed by atoms with E-state index in [4.69, 9.17) is 0 Å². The summed E-state index contributed by atoms with van der Waals surface area (Å²) in [5.41, 5.74) is 0.646. The minimum absolute atomic E-state index is 0.0142. The van der Waals surface area contributed by atoms with Gasteiger partial charge < -0.3 is 10.2 Å². The van der Waals surface area contributed by atoms with Crippen molar-refractivity contribution in [1.29, 1.82) is 0 Å². The van der Waals surface area contributed by atoms with E-state index in [9.17, 15) is 18.0 Å². The van der Waals surface area contributed by atoms with Gasteiger partial charge in [0.05, 0.1) is 0 Å². The van der Waals surface area contributed by atoms with Crippen LogP contribution in [0.15, 0.2) is 30.3 Å². The first-order valence-electron chi connectivity index (χ1n) is 6.97. The van der Waals surface area contributed by atoms with Crippen molar-refractivity contribution in [2.45, 2.75) is 37.5 Å². The maximum absolute atomic E-state index is 13.2. The Morgan fingerprint density at radius 1 is 1.33 bits per heavy atom. The minimum Gasteiger partial charge on any atom is -0.344 e. The molecule has 116 valence electrons. The molecule has 21 heavy (non-hydrogen) atoms. The van der Waals surface area contributed by atoms with Gasteiger partial charge in [0.25, 0.3) is 0 Å². The molecule has 1 aromatic rings. The summed E-state index contributed by atoms with van der Waals surface area (Å²) in [6.45, 7) is 0.320. The summed E-state index contributed by atoms with van der Waals surface area (Å²) in [7, 11) is 1.62. The van der Waals surface area contributed by atoms with Crippen molar-refractivity contribution >= 4 is 5.91 Å². The van der Waals surface area contributed by atoms with Gasteiger partial charge in [-0.15, -0.1) is 0 Å². The molecule has 0 bridgehead atoms. The number of alkyl halides is 3. The third kappa shape index (κ3) is 4.46. The van der Waals surface area contributed by atoms with Gasteiger partial charge in [-0.05, 0) is 18.4 Å². The Bertz CT molecular complexity index is 476. The van der Waals surface area contributed by atoms with E-state index in [1.165, 1.54) is 4.90 Å². The third-order valence-corrected chi connectivity index (χ3v) is 3.74. The average Bonchev–Trinajstić information content (AvgIpc) is 2.42. The van der Waals surface area contributed by atoms with Crippen molar-refractivity contribution in [3.63, 3.8) is 0 Å². The normalized spacial score (nSPS) is 21.4. The molecule has 0 spiro atoms. The fourth-order valence-electron chi connectivity index (χ4n) is 2.55. The van der Waals surface area contributed by atoms with Crippen molar-refractivity contribution < 1.29 is 18.0 Å². The van der Waals surface area contributed by atoms with E-state index >= 15 is 0 Å². The van der Waals surface area contributed by atoms with E-state index < -0.39 is 12.2 Å². The Morgan fingerprint density at radius 2 is 2.00 bits per heavy atom. The first kappa shape index (κ1) is 15.8. The zero-order valence-electron chi connectivity index (χ0n) is 11.9. The number of nitrogens with zero attached hydrogens (tertiary/aromatic N) is 1. The molecule has 0 aromatic heterocycles. The molecule has 1 fully saturated rings. The molecule has 0 saturated carbocycles. The zero-order chi connectivity index (χ0) is 15.5. The molecule has 0 aliphatic carbocycles. The molecular formula is C15H19F3N2O. The number of nitrogens with one attached hydrogen (secondary N) is 1. The highest BCUT2D eigenvalue weighted by atomic mass is 19.4. The number of piperidine rings is 1. The number of carbonyl (C=O) groups is 1. The predicted molar refractivity (Wildman–Crippen MR) is 73.8 cm³/mol. The van der Waals surface area contributed by atoms with Crippen LogP contribution >= 0.6 is 0 Å². The molecule has 1 saturated heterocycles. The lowest BCUT2D eigenvalue weighted by Gasteiger charge is -2.34. The number of carbonyl (C=O) groups excluding carboxylic acids is 1. The van der Waals surface area contributed by atoms with E-state index in [-0.39, 0.29) is 18.4 Å². The van der Waals surface area contributed by atoms with Gasteiger partial charge in [0.1, 0.15) is 6.04 Å². The van der Waals surface area contributed by atoms with E-state index in [0.717, 1.165) is 0 Å². The van der Waals surface area contributed by atoms with Crippen molar-refractivity contribution in [3.8, 4) is 0 Å². The van der Waals surface area contributed by atoms with Gasteiger partial charge >= 0.3 is 6.18 Å². The standard InChI is InChI=1S/C15H19F3N2O/c1-20-10-12(7-8-14(20)21)19-13(15(16,17)18)9-11-5-3-2-4-6-11/h2-6,12-13,19H,7-10H2,1H3/t12-,13+/m1/s1. The first-order valence-corrected chi connectivity index (χ1v) is 6.97. The molecule has 2 rings (SSSR count). The van der Waals surface area contributed by atoms with E-state index in [2.05, 4.69) is 5.32 Å². The van der Waals surface area contributed by atoms with Gasteiger partial charge in [0, 0.05) is 26.1 Å². The smallest absolute Gasteiger partial charge is 0.344 e. The summed E-state index contributed by atoms with van der Waals surface area (Å²) < 4.78 is 39.6. The topological polar surface area (TPSA) is 32.3 Å². The fourth-order valence-corrected chi connectivity index (χ4v) is 2.55. The summed E-state index contributed by atoms with van der Waals surface area (Å²) >= 11 is 0. The predicted octanol–water partition coefficient (Wildman–Crippen LogP) is 2.37. The molecule has 1 heterocycles. The zero-order valence-corrected chi connectivity index (χ0v) is 11.9. The van der Waals surface area contributed by atoms with Gasteiger partial charge in [-0.2, -0.15) is 13.2 Å². The molecule has 2 atom stereocenters. The SMILES string of the molecule is CN1C[C@H](N[C@@H](Cc2ccccc2)C(F)(F)F)CCC1=O. The highest BCUT2D eigenvalue weighted by molar-refractivity contribution is 5.76. The van der Waals surface area contributed by atoms with E-state index in [1.54, 1.807) is 37.4 Å². The van der Waals surface area contributed by atoms with Crippen molar-refractivity contribution in [2.75, 3.05) is 13.6 Å². The Labute approximate surface area is 122 Å². The number of benzene rings is 1. The summed E-state index contributed by atoms with van der Waals surface area (Å²) in [6.07, 6.45) is -3.66. The largest absolute Gasteiger partial charge is 0.404 e. The lowest BCUT2D eigenvalue weighted by atomic mass is 10.0. The number of rotatable bonds is 4. The van der Waals surface area contributed by atoms with E-state index in [0.29, 0.717) is 24.9 Å². The van der Waals surface area contributed by atoms with Crippen LogP contribution in [0.1, 0.15) is 18.4 Å². The summed E-state index contributed by atoms with van der Waals surface area (Å²) in [5.74, 6) is -0.0142. The molecule has 1 amide bonds. The third-order valence-electron chi connectivity index (χ3n) is 3.74. The lowest BCUT2D eigenvalue weighted by Crippen LogP contribution is -2.54. The second-order valence-corrected chi connectivity index (χ2v) is 5.46. The molecular weight excluding hydrogens is 281 g/mol. The summed E-state index contributed by atoms with van der Waals surface area (Å²) in [6, 6.07) is 6.72. The van der Waals surface area contributed by atoms with Gasteiger partial charge in [-0.1, -0.05) is 30.3 Å².